The van der Waals surface area contributed by atoms with E-state index < -0.39 is 11.6 Å². The van der Waals surface area contributed by atoms with Crippen LogP contribution >= 0.6 is 0 Å². The molecule has 0 aliphatic rings. The molecule has 1 atom stereocenters. The zero-order valence-corrected chi connectivity index (χ0v) is 8.48. The molecule has 0 saturated carbocycles. The van der Waals surface area contributed by atoms with E-state index in [-0.39, 0.29) is 11.6 Å². The second kappa shape index (κ2) is 5.05. The van der Waals surface area contributed by atoms with Crippen molar-refractivity contribution in [2.75, 3.05) is 7.05 Å². The Hall–Kier alpha value is -0.960. The van der Waals surface area contributed by atoms with E-state index in [0.717, 1.165) is 6.42 Å². The fourth-order valence-electron chi connectivity index (χ4n) is 1.28. The molecule has 1 nitrogen and oxygen atoms in total. The average Bonchev–Trinajstić information content (AvgIpc) is 2.16. The van der Waals surface area contributed by atoms with Gasteiger partial charge in [-0.25, -0.2) is 8.78 Å². The Kier molecular flexibility index (Phi) is 4.01. The van der Waals surface area contributed by atoms with E-state index in [1.165, 1.54) is 18.2 Å². The van der Waals surface area contributed by atoms with Crippen LogP contribution in [0.4, 0.5) is 8.78 Å². The highest BCUT2D eigenvalue weighted by Crippen LogP contribution is 2.14. The third-order valence-electron chi connectivity index (χ3n) is 2.38. The van der Waals surface area contributed by atoms with Crippen LogP contribution in [0.25, 0.3) is 0 Å². The van der Waals surface area contributed by atoms with E-state index in [0.29, 0.717) is 6.42 Å². The summed E-state index contributed by atoms with van der Waals surface area (Å²) in [6, 6.07) is 4.25. The molecule has 0 heterocycles. The minimum Gasteiger partial charge on any atom is -0.317 e. The van der Waals surface area contributed by atoms with E-state index in [4.69, 9.17) is 0 Å². The number of rotatable bonds is 4. The Morgan fingerprint density at radius 1 is 1.29 bits per heavy atom. The molecule has 0 unspecified atom stereocenters. The third-order valence-corrected chi connectivity index (χ3v) is 2.38. The first-order chi connectivity index (χ1) is 6.65. The number of nitrogens with one attached hydrogen (secondary N) is 1. The molecule has 0 amide bonds. The van der Waals surface area contributed by atoms with Gasteiger partial charge in [-0.2, -0.15) is 0 Å². The summed E-state index contributed by atoms with van der Waals surface area (Å²) in [6.07, 6.45) is 1.16. The van der Waals surface area contributed by atoms with Crippen LogP contribution in [0.15, 0.2) is 18.2 Å². The Morgan fingerprint density at radius 2 is 1.86 bits per heavy atom. The summed E-state index contributed by atoms with van der Waals surface area (Å²) in [6.45, 7) is 1.98. The van der Waals surface area contributed by atoms with Crippen molar-refractivity contribution in [1.82, 2.24) is 5.32 Å². The Bertz CT molecular complexity index is 279. The van der Waals surface area contributed by atoms with Crippen LogP contribution in [-0.4, -0.2) is 13.1 Å². The summed E-state index contributed by atoms with van der Waals surface area (Å²) in [5.41, 5.74) is 0.189. The topological polar surface area (TPSA) is 12.0 Å². The second-order valence-electron chi connectivity index (χ2n) is 3.43. The van der Waals surface area contributed by atoms with Gasteiger partial charge < -0.3 is 5.32 Å². The minimum absolute atomic E-state index is 0.189. The van der Waals surface area contributed by atoms with Gasteiger partial charge in [-0.3, -0.25) is 0 Å². The number of hydrogen-bond acceptors (Lipinski definition) is 1. The predicted molar refractivity (Wildman–Crippen MR) is 53.2 cm³/mol. The van der Waals surface area contributed by atoms with E-state index >= 15 is 0 Å². The van der Waals surface area contributed by atoms with Gasteiger partial charge >= 0.3 is 0 Å². The molecule has 1 aromatic carbocycles. The van der Waals surface area contributed by atoms with Crippen LogP contribution in [0, 0.1) is 11.6 Å². The summed E-state index contributed by atoms with van der Waals surface area (Å²) >= 11 is 0. The molecule has 0 aromatic heterocycles. The fourth-order valence-corrected chi connectivity index (χ4v) is 1.28. The molecule has 0 aliphatic carbocycles. The summed E-state index contributed by atoms with van der Waals surface area (Å²) in [5.74, 6) is -0.901. The smallest absolute Gasteiger partial charge is 0.129 e. The van der Waals surface area contributed by atoms with Gasteiger partial charge in [0, 0.05) is 11.6 Å². The maximum Gasteiger partial charge on any atom is 0.129 e. The predicted octanol–water partition coefficient (Wildman–Crippen LogP) is 2.51. The first kappa shape index (κ1) is 11.1. The summed E-state index contributed by atoms with van der Waals surface area (Å²) < 4.78 is 26.3. The molecule has 0 saturated heterocycles. The van der Waals surface area contributed by atoms with Gasteiger partial charge in [0.05, 0.1) is 0 Å². The molecule has 0 aliphatic heterocycles. The van der Waals surface area contributed by atoms with Crippen LogP contribution in [0.2, 0.25) is 0 Å². The van der Waals surface area contributed by atoms with Crippen LogP contribution in [0.5, 0.6) is 0 Å². The summed E-state index contributed by atoms with van der Waals surface area (Å²) in [4.78, 5) is 0. The van der Waals surface area contributed by atoms with E-state index in [9.17, 15) is 8.78 Å². The van der Waals surface area contributed by atoms with Gasteiger partial charge in [-0.05, 0) is 38.9 Å². The van der Waals surface area contributed by atoms with Crippen LogP contribution < -0.4 is 5.32 Å². The van der Waals surface area contributed by atoms with Crippen molar-refractivity contribution in [3.8, 4) is 0 Å². The van der Waals surface area contributed by atoms with Crippen molar-refractivity contribution in [3.63, 3.8) is 0 Å². The maximum atomic E-state index is 13.1. The van der Waals surface area contributed by atoms with E-state index in [1.807, 2.05) is 14.0 Å². The molecule has 1 rings (SSSR count). The lowest BCUT2D eigenvalue weighted by atomic mass is 10.1. The van der Waals surface area contributed by atoms with Gasteiger partial charge in [-0.1, -0.05) is 6.07 Å². The van der Waals surface area contributed by atoms with Gasteiger partial charge in [-0.15, -0.1) is 0 Å². The van der Waals surface area contributed by atoms with Gasteiger partial charge in [0.15, 0.2) is 0 Å². The largest absolute Gasteiger partial charge is 0.317 e. The Labute approximate surface area is 83.1 Å². The number of benzene rings is 1. The highest BCUT2D eigenvalue weighted by molar-refractivity contribution is 5.19. The Morgan fingerprint density at radius 3 is 2.36 bits per heavy atom. The summed E-state index contributed by atoms with van der Waals surface area (Å²) in [7, 11) is 1.84. The average molecular weight is 199 g/mol. The highest BCUT2D eigenvalue weighted by Gasteiger charge is 2.09. The minimum atomic E-state index is -0.451. The molecule has 78 valence electrons. The zero-order valence-electron chi connectivity index (χ0n) is 8.48. The standard InChI is InChI=1S/C11H15F2N/c1-8(14-2)6-7-9-10(12)4-3-5-11(9)13/h3-5,8,14H,6-7H2,1-2H3/t8-/m1/s1. The Balaban J connectivity index is 2.66. The molecule has 0 spiro atoms. The lowest BCUT2D eigenvalue weighted by Crippen LogP contribution is -2.21. The van der Waals surface area contributed by atoms with Crippen LogP contribution in [0.1, 0.15) is 18.9 Å². The van der Waals surface area contributed by atoms with Crippen molar-refractivity contribution in [2.24, 2.45) is 0 Å². The van der Waals surface area contributed by atoms with Gasteiger partial charge in [0.2, 0.25) is 0 Å². The zero-order chi connectivity index (χ0) is 10.6. The fraction of sp³-hybridized carbons (Fsp3) is 0.455. The number of hydrogen-bond donors (Lipinski definition) is 1. The van der Waals surface area contributed by atoms with Crippen molar-refractivity contribution in [1.29, 1.82) is 0 Å². The first-order valence-corrected chi connectivity index (χ1v) is 4.75. The van der Waals surface area contributed by atoms with Crippen molar-refractivity contribution in [2.45, 2.75) is 25.8 Å². The molecular formula is C11H15F2N. The first-order valence-electron chi connectivity index (χ1n) is 4.75. The van der Waals surface area contributed by atoms with Crippen LogP contribution in [0.3, 0.4) is 0 Å². The SMILES string of the molecule is CN[C@H](C)CCc1c(F)cccc1F. The van der Waals surface area contributed by atoms with E-state index in [2.05, 4.69) is 5.32 Å². The lowest BCUT2D eigenvalue weighted by Gasteiger charge is -2.10. The molecule has 0 radical (unpaired) electrons. The lowest BCUT2D eigenvalue weighted by molar-refractivity contribution is 0.518. The maximum absolute atomic E-state index is 13.1. The molecule has 0 bridgehead atoms. The van der Waals surface area contributed by atoms with Crippen molar-refractivity contribution in [3.05, 3.63) is 35.4 Å². The molecule has 1 aromatic rings. The van der Waals surface area contributed by atoms with E-state index in [1.54, 1.807) is 0 Å². The number of halogens is 2. The van der Waals surface area contributed by atoms with Crippen LogP contribution in [-0.2, 0) is 6.42 Å². The van der Waals surface area contributed by atoms with Crippen molar-refractivity contribution >= 4 is 0 Å². The molecule has 0 fully saturated rings. The molecular weight excluding hydrogens is 184 g/mol. The van der Waals surface area contributed by atoms with Gasteiger partial charge in [0.1, 0.15) is 11.6 Å². The quantitative estimate of drug-likeness (QED) is 0.785. The van der Waals surface area contributed by atoms with Gasteiger partial charge in [0.25, 0.3) is 0 Å². The third kappa shape index (κ3) is 2.77. The molecule has 1 N–H and O–H groups in total. The van der Waals surface area contributed by atoms with Crippen molar-refractivity contribution < 1.29 is 8.78 Å². The normalized spacial score (nSPS) is 12.9. The second-order valence-corrected chi connectivity index (χ2v) is 3.43. The highest BCUT2D eigenvalue weighted by atomic mass is 19.1. The molecule has 3 heteroatoms. The summed E-state index contributed by atoms with van der Waals surface area (Å²) in [5, 5.41) is 3.03. The molecule has 14 heavy (non-hydrogen) atoms. The monoisotopic (exact) mass is 199 g/mol.